The summed E-state index contributed by atoms with van der Waals surface area (Å²) in [6, 6.07) is 5.18. The molecule has 6 heteroatoms. The molecule has 0 unspecified atom stereocenters. The molecule has 2 rings (SSSR count). The van der Waals surface area contributed by atoms with Crippen molar-refractivity contribution >= 4 is 23.4 Å². The van der Waals surface area contributed by atoms with Gasteiger partial charge in [-0.2, -0.15) is 20.5 Å². The first kappa shape index (κ1) is 16.8. The molecular weight excluding hydrogens is 316 g/mol. The predicted octanol–water partition coefficient (Wildman–Crippen LogP) is 4.71. The lowest BCUT2D eigenvalue weighted by molar-refractivity contribution is -0.0505. The van der Waals surface area contributed by atoms with Gasteiger partial charge in [0.15, 0.2) is 0 Å². The molecule has 1 aliphatic rings. The highest BCUT2D eigenvalue weighted by molar-refractivity contribution is 7.99. The second-order valence-corrected chi connectivity index (χ2v) is 6.80. The van der Waals surface area contributed by atoms with Gasteiger partial charge in [0.05, 0.1) is 0 Å². The largest absolute Gasteiger partial charge is 0.434 e. The predicted molar refractivity (Wildman–Crippen MR) is 84.5 cm³/mol. The van der Waals surface area contributed by atoms with Gasteiger partial charge < -0.3 is 10.1 Å². The Morgan fingerprint density at radius 3 is 2.67 bits per heavy atom. The van der Waals surface area contributed by atoms with Crippen LogP contribution in [0.2, 0.25) is 5.02 Å². The molecule has 1 aromatic carbocycles. The van der Waals surface area contributed by atoms with Crippen molar-refractivity contribution < 1.29 is 13.5 Å². The maximum absolute atomic E-state index is 12.4. The lowest BCUT2D eigenvalue weighted by Gasteiger charge is -2.28. The van der Waals surface area contributed by atoms with Crippen molar-refractivity contribution in [2.24, 2.45) is 0 Å². The Balaban J connectivity index is 1.91. The van der Waals surface area contributed by atoms with E-state index >= 15 is 0 Å². The van der Waals surface area contributed by atoms with Crippen LogP contribution in [-0.4, -0.2) is 24.2 Å². The number of benzene rings is 1. The van der Waals surface area contributed by atoms with Crippen LogP contribution in [0.5, 0.6) is 5.75 Å². The van der Waals surface area contributed by atoms with Gasteiger partial charge >= 0.3 is 6.61 Å². The zero-order chi connectivity index (χ0) is 15.2. The molecule has 2 nitrogen and oxygen atoms in total. The Morgan fingerprint density at radius 2 is 2.05 bits per heavy atom. The lowest BCUT2D eigenvalue weighted by Crippen LogP contribution is -2.33. The van der Waals surface area contributed by atoms with Crippen molar-refractivity contribution in [3.05, 3.63) is 28.8 Å². The van der Waals surface area contributed by atoms with Gasteiger partial charge in [-0.15, -0.1) is 0 Å². The van der Waals surface area contributed by atoms with Crippen LogP contribution in [0.15, 0.2) is 18.2 Å². The van der Waals surface area contributed by atoms with Crippen LogP contribution >= 0.6 is 23.4 Å². The molecule has 0 heterocycles. The summed E-state index contributed by atoms with van der Waals surface area (Å²) in [7, 11) is 0. The van der Waals surface area contributed by atoms with Crippen LogP contribution < -0.4 is 10.1 Å². The van der Waals surface area contributed by atoms with Crippen LogP contribution in [0.3, 0.4) is 0 Å². The molecule has 1 aliphatic carbocycles. The van der Waals surface area contributed by atoms with Crippen LogP contribution in [0, 0.1) is 0 Å². The average Bonchev–Trinajstić information content (AvgIpc) is 2.47. The van der Waals surface area contributed by atoms with Gasteiger partial charge in [0.2, 0.25) is 0 Å². The second-order valence-electron chi connectivity index (χ2n) is 5.22. The van der Waals surface area contributed by atoms with E-state index in [-0.39, 0.29) is 5.75 Å². The third-order valence-corrected chi connectivity index (χ3v) is 5.20. The molecule has 1 saturated carbocycles. The van der Waals surface area contributed by atoms with E-state index in [9.17, 15) is 8.78 Å². The molecule has 1 N–H and O–H groups in total. The normalized spacial score (nSPS) is 22.5. The molecule has 118 valence electrons. The van der Waals surface area contributed by atoms with E-state index in [1.165, 1.54) is 18.9 Å². The minimum absolute atomic E-state index is 0.194. The molecule has 21 heavy (non-hydrogen) atoms. The summed E-state index contributed by atoms with van der Waals surface area (Å²) in [4.78, 5) is 0. The van der Waals surface area contributed by atoms with Crippen molar-refractivity contribution in [3.8, 4) is 5.75 Å². The van der Waals surface area contributed by atoms with Crippen LogP contribution in [-0.2, 0) is 6.54 Å². The van der Waals surface area contributed by atoms with Gasteiger partial charge in [0, 0.05) is 28.4 Å². The van der Waals surface area contributed by atoms with Gasteiger partial charge in [-0.05, 0) is 50.1 Å². The Bertz CT molecular complexity index is 453. The van der Waals surface area contributed by atoms with Gasteiger partial charge in [-0.25, -0.2) is 0 Å². The van der Waals surface area contributed by atoms with E-state index in [0.29, 0.717) is 23.2 Å². The third kappa shape index (κ3) is 5.31. The number of hydrogen-bond acceptors (Lipinski definition) is 3. The summed E-state index contributed by atoms with van der Waals surface area (Å²) < 4.78 is 29.3. The first-order valence-electron chi connectivity index (χ1n) is 7.08. The van der Waals surface area contributed by atoms with Gasteiger partial charge in [0.1, 0.15) is 5.75 Å². The molecule has 0 radical (unpaired) electrons. The number of ether oxygens (including phenoxy) is 1. The number of alkyl halides is 2. The monoisotopic (exact) mass is 335 g/mol. The summed E-state index contributed by atoms with van der Waals surface area (Å²) in [5, 5.41) is 4.71. The van der Waals surface area contributed by atoms with Crippen molar-refractivity contribution in [2.75, 3.05) is 6.26 Å². The Labute approximate surface area is 133 Å². The summed E-state index contributed by atoms with van der Waals surface area (Å²) >= 11 is 7.86. The molecule has 0 bridgehead atoms. The molecule has 0 spiro atoms. The van der Waals surface area contributed by atoms with Crippen LogP contribution in [0.1, 0.15) is 31.2 Å². The van der Waals surface area contributed by atoms with Crippen molar-refractivity contribution in [3.63, 3.8) is 0 Å². The van der Waals surface area contributed by atoms with Crippen LogP contribution in [0.25, 0.3) is 0 Å². The highest BCUT2D eigenvalue weighted by Crippen LogP contribution is 2.28. The lowest BCUT2D eigenvalue weighted by atomic mass is 9.95. The van der Waals surface area contributed by atoms with E-state index in [1.807, 2.05) is 11.8 Å². The number of halogens is 3. The molecule has 1 aromatic rings. The van der Waals surface area contributed by atoms with E-state index in [0.717, 1.165) is 18.1 Å². The second kappa shape index (κ2) is 8.20. The quantitative estimate of drug-likeness (QED) is 0.813. The summed E-state index contributed by atoms with van der Waals surface area (Å²) in [6.45, 7) is -2.32. The maximum Gasteiger partial charge on any atom is 0.387 e. The fourth-order valence-electron chi connectivity index (χ4n) is 2.65. The SMILES string of the molecule is CSC1CCC(NCc2cc(Cl)ccc2OC(F)F)CC1. The number of rotatable bonds is 6. The molecule has 0 aliphatic heterocycles. The Kier molecular flexibility index (Phi) is 6.58. The van der Waals surface area contributed by atoms with E-state index < -0.39 is 6.61 Å². The first-order chi connectivity index (χ1) is 10.1. The fourth-order valence-corrected chi connectivity index (χ4v) is 3.59. The molecule has 0 atom stereocenters. The van der Waals surface area contributed by atoms with Crippen molar-refractivity contribution in [2.45, 2.75) is 50.1 Å². The molecule has 0 saturated heterocycles. The fraction of sp³-hybridized carbons (Fsp3) is 0.600. The maximum atomic E-state index is 12.4. The zero-order valence-electron chi connectivity index (χ0n) is 12.0. The van der Waals surface area contributed by atoms with E-state index in [4.69, 9.17) is 11.6 Å². The number of thioether (sulfide) groups is 1. The number of hydrogen-bond donors (Lipinski definition) is 1. The molecule has 0 aromatic heterocycles. The molecular formula is C15H20ClF2NOS. The highest BCUT2D eigenvalue weighted by atomic mass is 35.5. The van der Waals surface area contributed by atoms with E-state index in [1.54, 1.807) is 12.1 Å². The highest BCUT2D eigenvalue weighted by Gasteiger charge is 2.20. The molecule has 0 amide bonds. The van der Waals surface area contributed by atoms with Crippen molar-refractivity contribution in [1.82, 2.24) is 5.32 Å². The Morgan fingerprint density at radius 1 is 1.33 bits per heavy atom. The van der Waals surface area contributed by atoms with Crippen LogP contribution in [0.4, 0.5) is 8.78 Å². The summed E-state index contributed by atoms with van der Waals surface area (Å²) in [6.07, 6.45) is 6.80. The summed E-state index contributed by atoms with van der Waals surface area (Å²) in [5.41, 5.74) is 0.676. The van der Waals surface area contributed by atoms with Gasteiger partial charge in [0.25, 0.3) is 0 Å². The first-order valence-corrected chi connectivity index (χ1v) is 8.74. The minimum atomic E-state index is -2.82. The topological polar surface area (TPSA) is 21.3 Å². The third-order valence-electron chi connectivity index (χ3n) is 3.83. The van der Waals surface area contributed by atoms with E-state index in [2.05, 4.69) is 16.3 Å². The van der Waals surface area contributed by atoms with Crippen molar-refractivity contribution in [1.29, 1.82) is 0 Å². The minimum Gasteiger partial charge on any atom is -0.434 e. The van der Waals surface area contributed by atoms with Gasteiger partial charge in [-0.1, -0.05) is 11.6 Å². The summed E-state index contributed by atoms with van der Waals surface area (Å²) in [5.74, 6) is 0.194. The molecule has 1 fully saturated rings. The number of nitrogens with one attached hydrogen (secondary N) is 1. The Hall–Kier alpha value is -0.520. The zero-order valence-corrected chi connectivity index (χ0v) is 13.5. The standard InChI is InChI=1S/C15H20ClF2NOS/c1-21-13-5-3-12(4-6-13)19-9-10-8-11(16)2-7-14(10)20-15(17)18/h2,7-8,12-13,15,19H,3-6,9H2,1H3. The average molecular weight is 336 g/mol. The smallest absolute Gasteiger partial charge is 0.387 e. The van der Waals surface area contributed by atoms with Gasteiger partial charge in [-0.3, -0.25) is 0 Å².